The van der Waals surface area contributed by atoms with E-state index in [1.165, 1.54) is 16.9 Å². The molecule has 166 valence electrons. The Morgan fingerprint density at radius 2 is 2.00 bits per heavy atom. The van der Waals surface area contributed by atoms with Gasteiger partial charge in [0.05, 0.1) is 18.0 Å². The number of aromatic nitrogens is 2. The zero-order valence-electron chi connectivity index (χ0n) is 17.5. The Balaban J connectivity index is 1.18. The number of hydrogen-bond donors (Lipinski definition) is 1. The van der Waals surface area contributed by atoms with E-state index in [-0.39, 0.29) is 40.4 Å². The van der Waals surface area contributed by atoms with Gasteiger partial charge in [-0.05, 0) is 49.9 Å². The van der Waals surface area contributed by atoms with E-state index < -0.39 is 0 Å². The number of nitrogens with one attached hydrogen (secondary N) is 1. The van der Waals surface area contributed by atoms with Gasteiger partial charge in [0.2, 0.25) is 0 Å². The van der Waals surface area contributed by atoms with Crippen molar-refractivity contribution in [2.45, 2.75) is 37.4 Å². The van der Waals surface area contributed by atoms with Crippen molar-refractivity contribution in [3.05, 3.63) is 70.7 Å². The van der Waals surface area contributed by atoms with Crippen LogP contribution in [-0.4, -0.2) is 57.4 Å². The lowest BCUT2D eigenvalue weighted by Gasteiger charge is -2.39. The number of hydrogen-bond acceptors (Lipinski definition) is 6. The average molecular weight is 436 g/mol. The maximum Gasteiger partial charge on any atom is 0.287 e. The number of carbonyl (C=O) groups excluding carboxylic acids is 2. The predicted molar refractivity (Wildman–Crippen MR) is 114 cm³/mol. The fraction of sp³-hybridized carbons (Fsp3) is 0.391. The number of amides is 2. The molecular weight excluding hydrogens is 412 g/mol. The molecule has 2 aliphatic heterocycles. The van der Waals surface area contributed by atoms with Gasteiger partial charge in [-0.25, -0.2) is 4.98 Å². The monoisotopic (exact) mass is 436 g/mol. The van der Waals surface area contributed by atoms with Crippen LogP contribution >= 0.6 is 0 Å². The smallest absolute Gasteiger partial charge is 0.287 e. The molecule has 0 bridgehead atoms. The second-order valence-electron chi connectivity index (χ2n) is 8.35. The highest BCUT2D eigenvalue weighted by Gasteiger charge is 2.43. The third kappa shape index (κ3) is 3.80. The second kappa shape index (κ2) is 8.23. The number of fused-ring (bicyclic) bond motifs is 1. The van der Waals surface area contributed by atoms with Crippen LogP contribution in [-0.2, 0) is 4.74 Å². The third-order valence-electron chi connectivity index (χ3n) is 6.38. The van der Waals surface area contributed by atoms with Crippen LogP contribution in [0.3, 0.4) is 0 Å². The van der Waals surface area contributed by atoms with E-state index in [1.54, 1.807) is 41.4 Å². The molecule has 1 N–H and O–H groups in total. The summed E-state index contributed by atoms with van der Waals surface area (Å²) < 4.78 is 12.8. The average Bonchev–Trinajstić information content (AvgIpc) is 3.49. The lowest BCUT2D eigenvalue weighted by molar-refractivity contribution is -0.0712. The Morgan fingerprint density at radius 3 is 2.78 bits per heavy atom. The van der Waals surface area contributed by atoms with Crippen molar-refractivity contribution in [3.8, 4) is 0 Å². The molecule has 2 saturated heterocycles. The van der Waals surface area contributed by atoms with Gasteiger partial charge in [-0.15, -0.1) is 0 Å². The van der Waals surface area contributed by atoms with E-state index in [2.05, 4.69) is 10.3 Å². The first-order valence-corrected chi connectivity index (χ1v) is 10.8. The molecular formula is C23H24N4O5. The van der Waals surface area contributed by atoms with Gasteiger partial charge in [-0.3, -0.25) is 18.8 Å². The minimum Gasteiger partial charge on any atom is -0.459 e. The molecule has 1 spiro atoms. The molecule has 3 aromatic heterocycles. The molecule has 5 heterocycles. The quantitative estimate of drug-likeness (QED) is 0.669. The normalized spacial score (nSPS) is 20.0. The van der Waals surface area contributed by atoms with Crippen LogP contribution in [0.2, 0.25) is 0 Å². The van der Waals surface area contributed by atoms with Crippen LogP contribution in [0.25, 0.3) is 5.65 Å². The van der Waals surface area contributed by atoms with Gasteiger partial charge in [0.1, 0.15) is 11.2 Å². The molecule has 3 aromatic rings. The first-order chi connectivity index (χ1) is 15.5. The summed E-state index contributed by atoms with van der Waals surface area (Å²) in [4.78, 5) is 43.7. The van der Waals surface area contributed by atoms with Crippen molar-refractivity contribution in [1.82, 2.24) is 19.6 Å². The second-order valence-corrected chi connectivity index (χ2v) is 8.35. The summed E-state index contributed by atoms with van der Waals surface area (Å²) in [6.45, 7) is 1.45. The Hall–Kier alpha value is -3.46. The number of carbonyl (C=O) groups is 2. The number of likely N-dealkylation sites (tertiary alicyclic amines) is 1. The molecule has 2 fully saturated rings. The fourth-order valence-electron chi connectivity index (χ4n) is 4.57. The van der Waals surface area contributed by atoms with Crippen molar-refractivity contribution in [1.29, 1.82) is 0 Å². The van der Waals surface area contributed by atoms with Gasteiger partial charge in [-0.1, -0.05) is 6.07 Å². The molecule has 9 heteroatoms. The lowest BCUT2D eigenvalue weighted by atomic mass is 9.88. The first-order valence-electron chi connectivity index (χ1n) is 10.8. The van der Waals surface area contributed by atoms with E-state index in [0.29, 0.717) is 38.1 Å². The number of rotatable bonds is 4. The van der Waals surface area contributed by atoms with Gasteiger partial charge in [0, 0.05) is 32.0 Å². The SMILES string of the molecule is O=C(NCC1CCC2(CCN(C(=O)c3cnc4ccccn4c3=O)CC2)O1)c1ccco1. The van der Waals surface area contributed by atoms with Crippen LogP contribution in [0, 0.1) is 0 Å². The van der Waals surface area contributed by atoms with Crippen LogP contribution < -0.4 is 10.9 Å². The lowest BCUT2D eigenvalue weighted by Crippen LogP contribution is -2.48. The number of nitrogens with zero attached hydrogens (tertiary/aromatic N) is 3. The molecule has 2 aliphatic rings. The van der Waals surface area contributed by atoms with Gasteiger partial charge < -0.3 is 19.4 Å². The van der Waals surface area contributed by atoms with Crippen molar-refractivity contribution < 1.29 is 18.7 Å². The maximum absolute atomic E-state index is 13.0. The largest absolute Gasteiger partial charge is 0.459 e. The van der Waals surface area contributed by atoms with Gasteiger partial charge >= 0.3 is 0 Å². The zero-order valence-corrected chi connectivity index (χ0v) is 17.5. The van der Waals surface area contributed by atoms with Crippen LogP contribution in [0.5, 0.6) is 0 Å². The van der Waals surface area contributed by atoms with E-state index in [1.807, 2.05) is 0 Å². The summed E-state index contributed by atoms with van der Waals surface area (Å²) >= 11 is 0. The highest BCUT2D eigenvalue weighted by Crippen LogP contribution is 2.38. The molecule has 0 radical (unpaired) electrons. The molecule has 0 aromatic carbocycles. The van der Waals surface area contributed by atoms with Crippen molar-refractivity contribution in [2.24, 2.45) is 0 Å². The van der Waals surface area contributed by atoms with Crippen molar-refractivity contribution in [3.63, 3.8) is 0 Å². The molecule has 0 saturated carbocycles. The number of ether oxygens (including phenoxy) is 1. The van der Waals surface area contributed by atoms with Crippen molar-refractivity contribution in [2.75, 3.05) is 19.6 Å². The minimum atomic E-state index is -0.356. The maximum atomic E-state index is 13.0. The van der Waals surface area contributed by atoms with E-state index in [0.717, 1.165) is 12.8 Å². The van der Waals surface area contributed by atoms with Crippen LogP contribution in [0.4, 0.5) is 0 Å². The van der Waals surface area contributed by atoms with Gasteiger partial charge in [0.15, 0.2) is 5.76 Å². The topological polar surface area (TPSA) is 106 Å². The van der Waals surface area contributed by atoms with E-state index in [4.69, 9.17) is 9.15 Å². The van der Waals surface area contributed by atoms with Crippen molar-refractivity contribution >= 4 is 17.5 Å². The standard InChI is InChI=1S/C23H24N4O5/c28-20(18-4-3-13-31-18)25-14-16-6-7-23(32-16)8-11-26(12-9-23)21(29)17-15-24-19-5-1-2-10-27(19)22(17)30/h1-5,10,13,15-16H,6-9,11-12,14H2,(H,25,28). The van der Waals surface area contributed by atoms with E-state index >= 15 is 0 Å². The summed E-state index contributed by atoms with van der Waals surface area (Å²) in [5, 5.41) is 2.85. The third-order valence-corrected chi connectivity index (χ3v) is 6.38. The minimum absolute atomic E-state index is 0.0644. The summed E-state index contributed by atoms with van der Waals surface area (Å²) in [5.74, 6) is -0.269. The zero-order chi connectivity index (χ0) is 22.1. The molecule has 5 rings (SSSR count). The highest BCUT2D eigenvalue weighted by molar-refractivity contribution is 5.94. The molecule has 9 nitrogen and oxygen atoms in total. The highest BCUT2D eigenvalue weighted by atomic mass is 16.5. The summed E-state index contributed by atoms with van der Waals surface area (Å²) in [6, 6.07) is 8.55. The molecule has 1 atom stereocenters. The number of piperidine rings is 1. The molecule has 1 unspecified atom stereocenters. The molecule has 0 aliphatic carbocycles. The summed E-state index contributed by atoms with van der Waals surface area (Å²) in [7, 11) is 0. The van der Waals surface area contributed by atoms with Gasteiger partial charge in [-0.2, -0.15) is 0 Å². The number of pyridine rings is 1. The predicted octanol–water partition coefficient (Wildman–Crippen LogP) is 1.87. The Bertz CT molecular complexity index is 1190. The van der Waals surface area contributed by atoms with Crippen LogP contribution in [0.1, 0.15) is 46.6 Å². The summed E-state index contributed by atoms with van der Waals surface area (Å²) in [6.07, 6.45) is 7.52. The Kier molecular flexibility index (Phi) is 5.26. The molecule has 32 heavy (non-hydrogen) atoms. The first kappa shape index (κ1) is 20.4. The van der Waals surface area contributed by atoms with Gasteiger partial charge in [0.25, 0.3) is 17.4 Å². The number of furan rings is 1. The van der Waals surface area contributed by atoms with E-state index in [9.17, 15) is 14.4 Å². The fourth-order valence-corrected chi connectivity index (χ4v) is 4.57. The molecule has 2 amide bonds. The van der Waals surface area contributed by atoms with Crippen LogP contribution in [0.15, 0.2) is 58.2 Å². The Labute approximate surface area is 184 Å². The Morgan fingerprint density at radius 1 is 1.16 bits per heavy atom. The summed E-state index contributed by atoms with van der Waals surface area (Å²) in [5.41, 5.74) is -0.0508.